The Labute approximate surface area is 151 Å². The van der Waals surface area contributed by atoms with E-state index in [1.807, 2.05) is 35.2 Å². The molecule has 0 spiro atoms. The summed E-state index contributed by atoms with van der Waals surface area (Å²) in [6.45, 7) is 3.11. The minimum absolute atomic E-state index is 0.0900. The van der Waals surface area contributed by atoms with Crippen LogP contribution in [0.15, 0.2) is 30.3 Å². The Hall–Kier alpha value is -2.67. The molecule has 1 saturated heterocycles. The van der Waals surface area contributed by atoms with Crippen LogP contribution in [0.5, 0.6) is 0 Å². The van der Waals surface area contributed by atoms with E-state index in [9.17, 15) is 9.59 Å². The number of aryl methyl sites for hydroxylation is 1. The molecule has 7 nitrogen and oxygen atoms in total. The highest BCUT2D eigenvalue weighted by Crippen LogP contribution is 2.27. The zero-order valence-electron chi connectivity index (χ0n) is 14.7. The van der Waals surface area contributed by atoms with Crippen LogP contribution in [0.4, 0.5) is 0 Å². The third-order valence-electron chi connectivity index (χ3n) is 5.08. The first kappa shape index (κ1) is 16.8. The lowest BCUT2D eigenvalue weighted by Gasteiger charge is -2.36. The number of benzene rings is 1. The van der Waals surface area contributed by atoms with Crippen LogP contribution in [0.3, 0.4) is 0 Å². The minimum Gasteiger partial charge on any atom is -0.356 e. The molecular weight excluding hydrogens is 332 g/mol. The lowest BCUT2D eigenvalue weighted by Crippen LogP contribution is -2.54. The third kappa shape index (κ3) is 2.99. The Kier molecular flexibility index (Phi) is 4.46. The van der Waals surface area contributed by atoms with Crippen molar-refractivity contribution in [2.75, 3.05) is 13.2 Å². The van der Waals surface area contributed by atoms with E-state index in [0.29, 0.717) is 13.1 Å². The number of morpholine rings is 1. The zero-order chi connectivity index (χ0) is 18.1. The largest absolute Gasteiger partial charge is 0.356 e. The fraction of sp³-hybridized carbons (Fsp3) is 0.421. The van der Waals surface area contributed by atoms with Gasteiger partial charge in [0.05, 0.1) is 11.7 Å². The second-order valence-electron chi connectivity index (χ2n) is 6.68. The molecule has 2 atom stereocenters. The van der Waals surface area contributed by atoms with E-state index < -0.39 is 12.1 Å². The molecule has 0 bridgehead atoms. The number of amides is 2. The summed E-state index contributed by atoms with van der Waals surface area (Å²) in [6, 6.07) is 9.02. The van der Waals surface area contributed by atoms with Crippen LogP contribution in [-0.4, -0.2) is 46.2 Å². The Morgan fingerprint density at radius 3 is 2.92 bits per heavy atom. The number of ether oxygens (including phenoxy) is 1. The number of aromatic amines is 1. The highest BCUT2D eigenvalue weighted by molar-refractivity contribution is 5.86. The molecule has 1 aromatic carbocycles. The molecule has 0 aliphatic carbocycles. The van der Waals surface area contributed by atoms with Crippen LogP contribution < -0.4 is 5.32 Å². The van der Waals surface area contributed by atoms with Gasteiger partial charge < -0.3 is 15.0 Å². The van der Waals surface area contributed by atoms with E-state index in [0.717, 1.165) is 35.4 Å². The molecule has 0 radical (unpaired) electrons. The molecule has 0 unspecified atom stereocenters. The first-order valence-corrected chi connectivity index (χ1v) is 8.97. The van der Waals surface area contributed by atoms with Crippen LogP contribution >= 0.6 is 0 Å². The van der Waals surface area contributed by atoms with E-state index in [2.05, 4.69) is 22.4 Å². The maximum Gasteiger partial charge on any atom is 0.254 e. The summed E-state index contributed by atoms with van der Waals surface area (Å²) in [4.78, 5) is 26.8. The van der Waals surface area contributed by atoms with E-state index >= 15 is 0 Å². The quantitative estimate of drug-likeness (QED) is 0.864. The number of carbonyl (C=O) groups is 2. The first-order valence-electron chi connectivity index (χ1n) is 8.97. The molecule has 4 rings (SSSR count). The van der Waals surface area contributed by atoms with Crippen LogP contribution in [0.2, 0.25) is 0 Å². The van der Waals surface area contributed by atoms with Crippen LogP contribution in [0.1, 0.15) is 35.5 Å². The highest BCUT2D eigenvalue weighted by Gasteiger charge is 2.39. The van der Waals surface area contributed by atoms with Crippen molar-refractivity contribution in [3.05, 3.63) is 52.8 Å². The van der Waals surface area contributed by atoms with E-state index in [-0.39, 0.29) is 18.4 Å². The topological polar surface area (TPSA) is 87.3 Å². The SMILES string of the molecule is CCc1n[nH]c2c1CN(C(=O)[C@H]1OCC(=O)N[C@@H]1c1ccccc1)CC2. The van der Waals surface area contributed by atoms with Gasteiger partial charge in [0.25, 0.3) is 5.91 Å². The van der Waals surface area contributed by atoms with Gasteiger partial charge >= 0.3 is 0 Å². The van der Waals surface area contributed by atoms with Gasteiger partial charge in [-0.2, -0.15) is 5.10 Å². The third-order valence-corrected chi connectivity index (χ3v) is 5.08. The van der Waals surface area contributed by atoms with Crippen molar-refractivity contribution in [3.63, 3.8) is 0 Å². The van der Waals surface area contributed by atoms with Gasteiger partial charge in [0, 0.05) is 30.8 Å². The molecule has 2 aromatic rings. The van der Waals surface area contributed by atoms with Crippen LogP contribution in [0, 0.1) is 0 Å². The zero-order valence-corrected chi connectivity index (χ0v) is 14.7. The number of hydrogen-bond acceptors (Lipinski definition) is 4. The van der Waals surface area contributed by atoms with E-state index in [1.54, 1.807) is 0 Å². The Balaban J connectivity index is 1.57. The summed E-state index contributed by atoms with van der Waals surface area (Å²) >= 11 is 0. The molecule has 3 heterocycles. The molecule has 2 aliphatic heterocycles. The van der Waals surface area contributed by atoms with E-state index in [4.69, 9.17) is 4.74 Å². The maximum atomic E-state index is 13.2. The summed E-state index contributed by atoms with van der Waals surface area (Å²) in [5.41, 5.74) is 4.11. The number of H-pyrrole nitrogens is 1. The van der Waals surface area contributed by atoms with Crippen molar-refractivity contribution in [2.24, 2.45) is 0 Å². The van der Waals surface area contributed by atoms with Gasteiger partial charge in [-0.15, -0.1) is 0 Å². The van der Waals surface area contributed by atoms with Gasteiger partial charge in [-0.25, -0.2) is 0 Å². The average molecular weight is 354 g/mol. The number of nitrogens with one attached hydrogen (secondary N) is 2. The van der Waals surface area contributed by atoms with Crippen LogP contribution in [-0.2, 0) is 33.7 Å². The molecule has 0 saturated carbocycles. The Morgan fingerprint density at radius 2 is 2.15 bits per heavy atom. The van der Waals surface area contributed by atoms with Gasteiger partial charge in [0.1, 0.15) is 6.61 Å². The molecule has 2 aliphatic rings. The molecule has 26 heavy (non-hydrogen) atoms. The lowest BCUT2D eigenvalue weighted by molar-refractivity contribution is -0.156. The van der Waals surface area contributed by atoms with E-state index in [1.165, 1.54) is 0 Å². The number of rotatable bonds is 3. The number of carbonyl (C=O) groups excluding carboxylic acids is 2. The van der Waals surface area contributed by atoms with Crippen molar-refractivity contribution in [2.45, 2.75) is 38.5 Å². The van der Waals surface area contributed by atoms with Crippen LogP contribution in [0.25, 0.3) is 0 Å². The van der Waals surface area contributed by atoms with Gasteiger partial charge in [-0.05, 0) is 12.0 Å². The fourth-order valence-electron chi connectivity index (χ4n) is 3.70. The number of hydrogen-bond donors (Lipinski definition) is 2. The molecule has 7 heteroatoms. The Bertz CT molecular complexity index is 804. The molecule has 1 fully saturated rings. The molecule has 136 valence electrons. The van der Waals surface area contributed by atoms with Gasteiger partial charge in [-0.1, -0.05) is 37.3 Å². The molecular formula is C19H22N4O3. The fourth-order valence-corrected chi connectivity index (χ4v) is 3.70. The first-order chi connectivity index (χ1) is 12.7. The standard InChI is InChI=1S/C19H22N4O3/c1-2-14-13-10-23(9-8-15(13)22-21-14)19(25)18-17(20-16(24)11-26-18)12-6-4-3-5-7-12/h3-7,17-18H,2,8-11H2,1H3,(H,20,24)(H,21,22)/t17-,18+/m1/s1. The number of fused-ring (bicyclic) bond motifs is 1. The van der Waals surface area contributed by atoms with Gasteiger partial charge in [0.15, 0.2) is 6.10 Å². The lowest BCUT2D eigenvalue weighted by atomic mass is 9.97. The van der Waals surface area contributed by atoms with Crippen molar-refractivity contribution < 1.29 is 14.3 Å². The predicted molar refractivity (Wildman–Crippen MR) is 94.2 cm³/mol. The minimum atomic E-state index is -0.714. The number of nitrogens with zero attached hydrogens (tertiary/aromatic N) is 2. The second-order valence-corrected chi connectivity index (χ2v) is 6.68. The number of aromatic nitrogens is 2. The van der Waals surface area contributed by atoms with Crippen molar-refractivity contribution >= 4 is 11.8 Å². The monoisotopic (exact) mass is 354 g/mol. The van der Waals surface area contributed by atoms with Gasteiger partial charge in [0.2, 0.25) is 5.91 Å². The highest BCUT2D eigenvalue weighted by atomic mass is 16.5. The van der Waals surface area contributed by atoms with Crippen molar-refractivity contribution in [1.82, 2.24) is 20.4 Å². The summed E-state index contributed by atoms with van der Waals surface area (Å²) < 4.78 is 5.67. The maximum absolute atomic E-state index is 13.2. The molecule has 1 aromatic heterocycles. The second kappa shape index (κ2) is 6.92. The van der Waals surface area contributed by atoms with Crippen molar-refractivity contribution in [3.8, 4) is 0 Å². The predicted octanol–water partition coefficient (Wildman–Crippen LogP) is 1.11. The summed E-state index contributed by atoms with van der Waals surface area (Å²) in [5.74, 6) is -0.292. The summed E-state index contributed by atoms with van der Waals surface area (Å²) in [6.07, 6.45) is 0.869. The van der Waals surface area contributed by atoms with Gasteiger partial charge in [-0.3, -0.25) is 14.7 Å². The summed E-state index contributed by atoms with van der Waals surface area (Å²) in [5, 5.41) is 10.3. The molecule has 2 amide bonds. The summed E-state index contributed by atoms with van der Waals surface area (Å²) in [7, 11) is 0. The van der Waals surface area contributed by atoms with Crippen molar-refractivity contribution in [1.29, 1.82) is 0 Å². The normalized spacial score (nSPS) is 22.7. The molecule has 2 N–H and O–H groups in total. The smallest absolute Gasteiger partial charge is 0.254 e. The Morgan fingerprint density at radius 1 is 1.35 bits per heavy atom. The average Bonchev–Trinajstić information content (AvgIpc) is 3.10.